The summed E-state index contributed by atoms with van der Waals surface area (Å²) in [7, 11) is 0. The number of terminal acetylenes is 1. The molecule has 0 aliphatic rings. The van der Waals surface area contributed by atoms with E-state index in [1.807, 2.05) is 6.92 Å². The van der Waals surface area contributed by atoms with Crippen LogP contribution in [0.5, 0.6) is 0 Å². The van der Waals surface area contributed by atoms with Crippen LogP contribution in [0.3, 0.4) is 0 Å². The van der Waals surface area contributed by atoms with Gasteiger partial charge in [-0.25, -0.2) is 0 Å². The van der Waals surface area contributed by atoms with Gasteiger partial charge in [0.1, 0.15) is 0 Å². The number of anilines is 1. The number of nitrogen functional groups attached to an aromatic ring is 1. The van der Waals surface area contributed by atoms with E-state index in [0.29, 0.717) is 22.9 Å². The van der Waals surface area contributed by atoms with Crippen LogP contribution >= 0.6 is 23.1 Å². The van der Waals surface area contributed by atoms with E-state index in [2.05, 4.69) is 11.2 Å². The Kier molecular flexibility index (Phi) is 5.23. The Morgan fingerprint density at radius 2 is 2.50 bits per heavy atom. The van der Waals surface area contributed by atoms with Crippen molar-refractivity contribution >= 4 is 34.7 Å². The molecule has 1 amide bonds. The molecule has 5 heteroatoms. The number of hydrogen-bond donors (Lipinski definition) is 2. The molecule has 86 valence electrons. The number of amides is 1. The lowest BCUT2D eigenvalue weighted by Gasteiger charge is -2.01. The van der Waals surface area contributed by atoms with Gasteiger partial charge in [0.05, 0.1) is 10.6 Å². The number of nitrogens with two attached hydrogens (primary N) is 1. The van der Waals surface area contributed by atoms with E-state index in [4.69, 9.17) is 12.2 Å². The summed E-state index contributed by atoms with van der Waals surface area (Å²) in [5.41, 5.74) is 6.35. The molecule has 0 fully saturated rings. The lowest BCUT2D eigenvalue weighted by molar-refractivity contribution is 0.0960. The van der Waals surface area contributed by atoms with E-state index in [1.165, 1.54) is 11.3 Å². The van der Waals surface area contributed by atoms with E-state index < -0.39 is 0 Å². The number of thiophene rings is 1. The molecule has 0 aliphatic carbocycles. The molecule has 1 aromatic rings. The molecule has 0 saturated heterocycles. The molecule has 0 spiro atoms. The summed E-state index contributed by atoms with van der Waals surface area (Å²) in [5, 5.41) is 2.82. The standard InChI is InChI=1S/C11H14N2OS2/c1-3-5-15-6-4-13-11(14)10-7-9(12)8(2)16-10/h1,7H,4-6,12H2,2H3,(H,13,14). The van der Waals surface area contributed by atoms with Crippen molar-refractivity contribution < 1.29 is 4.79 Å². The Balaban J connectivity index is 2.33. The molecule has 0 bridgehead atoms. The minimum Gasteiger partial charge on any atom is -0.398 e. The van der Waals surface area contributed by atoms with Gasteiger partial charge >= 0.3 is 0 Å². The predicted molar refractivity (Wildman–Crippen MR) is 72.0 cm³/mol. The highest BCUT2D eigenvalue weighted by atomic mass is 32.2. The molecule has 0 unspecified atom stereocenters. The van der Waals surface area contributed by atoms with Crippen LogP contribution in [0.1, 0.15) is 14.5 Å². The second kappa shape index (κ2) is 6.46. The maximum absolute atomic E-state index is 11.6. The molecule has 0 radical (unpaired) electrons. The minimum absolute atomic E-state index is 0.0638. The number of rotatable bonds is 5. The molecular formula is C11H14N2OS2. The highest BCUT2D eigenvalue weighted by Gasteiger charge is 2.09. The summed E-state index contributed by atoms with van der Waals surface area (Å²) < 4.78 is 0. The van der Waals surface area contributed by atoms with Gasteiger partial charge in [-0.2, -0.15) is 0 Å². The molecule has 1 aromatic heterocycles. The monoisotopic (exact) mass is 254 g/mol. The average molecular weight is 254 g/mol. The van der Waals surface area contributed by atoms with Gasteiger partial charge in [-0.3, -0.25) is 4.79 Å². The van der Waals surface area contributed by atoms with Crippen molar-refractivity contribution in [3.63, 3.8) is 0 Å². The lowest BCUT2D eigenvalue weighted by Crippen LogP contribution is -2.24. The van der Waals surface area contributed by atoms with Gasteiger partial charge < -0.3 is 11.1 Å². The van der Waals surface area contributed by atoms with E-state index in [0.717, 1.165) is 10.6 Å². The number of thioether (sulfide) groups is 1. The van der Waals surface area contributed by atoms with Crippen LogP contribution in [-0.2, 0) is 0 Å². The molecule has 1 rings (SSSR count). The Morgan fingerprint density at radius 1 is 1.75 bits per heavy atom. The van der Waals surface area contributed by atoms with E-state index in [-0.39, 0.29) is 5.91 Å². The zero-order chi connectivity index (χ0) is 12.0. The highest BCUT2D eigenvalue weighted by Crippen LogP contribution is 2.22. The molecule has 0 atom stereocenters. The van der Waals surface area contributed by atoms with Crippen molar-refractivity contribution in [1.82, 2.24) is 5.32 Å². The average Bonchev–Trinajstić information content (AvgIpc) is 2.59. The maximum atomic E-state index is 11.6. The van der Waals surface area contributed by atoms with Gasteiger partial charge in [-0.1, -0.05) is 5.92 Å². The smallest absolute Gasteiger partial charge is 0.261 e. The molecule has 0 aliphatic heterocycles. The third-order valence-corrected chi connectivity index (χ3v) is 3.83. The zero-order valence-corrected chi connectivity index (χ0v) is 10.7. The first-order chi connectivity index (χ1) is 7.65. The molecule has 1 heterocycles. The van der Waals surface area contributed by atoms with Crippen LogP contribution in [0.15, 0.2) is 6.07 Å². The number of carbonyl (C=O) groups is 1. The van der Waals surface area contributed by atoms with Crippen LogP contribution in [-0.4, -0.2) is 24.0 Å². The summed E-state index contributed by atoms with van der Waals surface area (Å²) in [6, 6.07) is 1.71. The highest BCUT2D eigenvalue weighted by molar-refractivity contribution is 7.99. The number of hydrogen-bond acceptors (Lipinski definition) is 4. The van der Waals surface area contributed by atoms with E-state index in [9.17, 15) is 4.79 Å². The minimum atomic E-state index is -0.0638. The van der Waals surface area contributed by atoms with Crippen molar-refractivity contribution in [3.8, 4) is 12.3 Å². The van der Waals surface area contributed by atoms with Gasteiger partial charge in [0.2, 0.25) is 0 Å². The van der Waals surface area contributed by atoms with Crippen LogP contribution in [0.4, 0.5) is 5.69 Å². The summed E-state index contributed by atoms with van der Waals surface area (Å²) in [5.74, 6) is 3.98. The summed E-state index contributed by atoms with van der Waals surface area (Å²) in [6.07, 6.45) is 5.11. The van der Waals surface area contributed by atoms with Crippen molar-refractivity contribution in [2.75, 3.05) is 23.8 Å². The fourth-order valence-corrected chi connectivity index (χ4v) is 2.43. The number of nitrogens with one attached hydrogen (secondary N) is 1. The lowest BCUT2D eigenvalue weighted by atomic mass is 10.3. The summed E-state index contributed by atoms with van der Waals surface area (Å²) in [6.45, 7) is 2.53. The zero-order valence-electron chi connectivity index (χ0n) is 9.08. The third kappa shape index (κ3) is 3.80. The van der Waals surface area contributed by atoms with Gasteiger partial charge in [-0.15, -0.1) is 29.5 Å². The molecular weight excluding hydrogens is 240 g/mol. The molecule has 16 heavy (non-hydrogen) atoms. The van der Waals surface area contributed by atoms with Crippen LogP contribution in [0.2, 0.25) is 0 Å². The fourth-order valence-electron chi connectivity index (χ4n) is 1.06. The molecule has 3 N–H and O–H groups in total. The Morgan fingerprint density at radius 3 is 3.06 bits per heavy atom. The Hall–Kier alpha value is -1.12. The fraction of sp³-hybridized carbons (Fsp3) is 0.364. The number of carbonyl (C=O) groups excluding carboxylic acids is 1. The van der Waals surface area contributed by atoms with Crippen molar-refractivity contribution in [3.05, 3.63) is 15.8 Å². The summed E-state index contributed by atoms with van der Waals surface area (Å²) >= 11 is 3.04. The first-order valence-electron chi connectivity index (χ1n) is 4.80. The van der Waals surface area contributed by atoms with Gasteiger partial charge in [0.15, 0.2) is 0 Å². The topological polar surface area (TPSA) is 55.1 Å². The van der Waals surface area contributed by atoms with Gasteiger partial charge in [0.25, 0.3) is 5.91 Å². The first-order valence-corrected chi connectivity index (χ1v) is 6.77. The van der Waals surface area contributed by atoms with Crippen LogP contribution in [0.25, 0.3) is 0 Å². The van der Waals surface area contributed by atoms with Crippen LogP contribution in [0, 0.1) is 19.3 Å². The van der Waals surface area contributed by atoms with Gasteiger partial charge in [0, 0.05) is 22.9 Å². The van der Waals surface area contributed by atoms with E-state index in [1.54, 1.807) is 17.8 Å². The molecule has 3 nitrogen and oxygen atoms in total. The maximum Gasteiger partial charge on any atom is 0.261 e. The Labute approximate surface area is 104 Å². The normalized spacial score (nSPS) is 9.75. The first kappa shape index (κ1) is 12.9. The second-order valence-corrected chi connectivity index (χ2v) is 5.50. The number of aryl methyl sites for hydroxylation is 1. The predicted octanol–water partition coefficient (Wildman–Crippen LogP) is 1.73. The molecule has 0 aromatic carbocycles. The van der Waals surface area contributed by atoms with E-state index >= 15 is 0 Å². The SMILES string of the molecule is C#CCSCCNC(=O)c1cc(N)c(C)s1. The summed E-state index contributed by atoms with van der Waals surface area (Å²) in [4.78, 5) is 13.3. The largest absolute Gasteiger partial charge is 0.398 e. The van der Waals surface area contributed by atoms with Crippen molar-refractivity contribution in [1.29, 1.82) is 0 Å². The van der Waals surface area contributed by atoms with Crippen molar-refractivity contribution in [2.24, 2.45) is 0 Å². The second-order valence-electron chi connectivity index (χ2n) is 3.13. The van der Waals surface area contributed by atoms with Gasteiger partial charge in [-0.05, 0) is 13.0 Å². The quantitative estimate of drug-likeness (QED) is 0.621. The molecule has 0 saturated carbocycles. The van der Waals surface area contributed by atoms with Crippen molar-refractivity contribution in [2.45, 2.75) is 6.92 Å². The third-order valence-electron chi connectivity index (χ3n) is 1.90. The van der Waals surface area contributed by atoms with Crippen LogP contribution < -0.4 is 11.1 Å². The Bertz CT molecular complexity index is 387.